The summed E-state index contributed by atoms with van der Waals surface area (Å²) in [5, 5.41) is 4.43. The first kappa shape index (κ1) is 23.6. The average Bonchev–Trinajstić information content (AvgIpc) is 2.82. The molecule has 176 valence electrons. The molecule has 4 aromatic rings. The monoisotopic (exact) mass is 498 g/mol. The molecule has 2 heterocycles. The Morgan fingerprint density at radius 1 is 0.941 bits per heavy atom. The molecule has 0 saturated heterocycles. The molecule has 10 heteroatoms. The van der Waals surface area contributed by atoms with Gasteiger partial charge in [0.05, 0.1) is 31.7 Å². The molecule has 8 nitrogen and oxygen atoms in total. The number of aromatic nitrogens is 2. The van der Waals surface area contributed by atoms with Crippen molar-refractivity contribution in [3.63, 3.8) is 0 Å². The van der Waals surface area contributed by atoms with Crippen LogP contribution in [0.1, 0.15) is 5.56 Å². The lowest BCUT2D eigenvalue weighted by Gasteiger charge is -2.14. The zero-order chi connectivity index (χ0) is 24.3. The van der Waals surface area contributed by atoms with E-state index in [1.54, 1.807) is 32.7 Å². The highest BCUT2D eigenvalue weighted by atomic mass is 35.5. The molecule has 0 aliphatic carbocycles. The normalized spacial score (nSPS) is 11.3. The molecule has 0 bridgehead atoms. The van der Waals surface area contributed by atoms with Gasteiger partial charge < -0.3 is 14.8 Å². The molecular weight excluding hydrogens is 476 g/mol. The zero-order valence-corrected chi connectivity index (χ0v) is 20.4. The Morgan fingerprint density at radius 3 is 2.50 bits per heavy atom. The lowest BCUT2D eigenvalue weighted by Crippen LogP contribution is -2.10. The summed E-state index contributed by atoms with van der Waals surface area (Å²) in [6.45, 7) is 0.509. The molecule has 0 atom stereocenters. The number of nitrogens with zero attached hydrogens (tertiary/aromatic N) is 2. The SMILES string of the molecule is COc1ccc(OC)c(CNc2ccnc3ccc(-c4cnc(Cl)c(NS(C)(=O)=O)c4)cc23)c1. The van der Waals surface area contributed by atoms with Crippen LogP contribution in [-0.2, 0) is 16.6 Å². The second-order valence-electron chi connectivity index (χ2n) is 7.56. The third-order valence-electron chi connectivity index (χ3n) is 5.17. The molecule has 0 fully saturated rings. The number of halogens is 1. The fourth-order valence-corrected chi connectivity index (χ4v) is 4.33. The second-order valence-corrected chi connectivity index (χ2v) is 9.66. The minimum absolute atomic E-state index is 0.0752. The second kappa shape index (κ2) is 9.74. The molecule has 4 rings (SSSR count). The van der Waals surface area contributed by atoms with Crippen molar-refractivity contribution in [2.75, 3.05) is 30.5 Å². The molecule has 2 aromatic carbocycles. The van der Waals surface area contributed by atoms with Crippen molar-refractivity contribution < 1.29 is 17.9 Å². The van der Waals surface area contributed by atoms with E-state index in [1.165, 1.54) is 0 Å². The fraction of sp³-hybridized carbons (Fsp3) is 0.167. The molecule has 0 amide bonds. The Bertz CT molecular complexity index is 1460. The number of fused-ring (bicyclic) bond motifs is 1. The van der Waals surface area contributed by atoms with Gasteiger partial charge in [-0.25, -0.2) is 13.4 Å². The van der Waals surface area contributed by atoms with Crippen molar-refractivity contribution in [3.8, 4) is 22.6 Å². The summed E-state index contributed by atoms with van der Waals surface area (Å²) < 4.78 is 36.5. The van der Waals surface area contributed by atoms with Gasteiger partial charge in [0.15, 0.2) is 5.15 Å². The van der Waals surface area contributed by atoms with E-state index >= 15 is 0 Å². The minimum atomic E-state index is -3.50. The number of methoxy groups -OCH3 is 2. The van der Waals surface area contributed by atoms with Crippen LogP contribution in [0.5, 0.6) is 11.5 Å². The molecule has 0 radical (unpaired) electrons. The summed E-state index contributed by atoms with van der Waals surface area (Å²) >= 11 is 6.08. The maximum atomic E-state index is 11.7. The predicted molar refractivity (Wildman–Crippen MR) is 135 cm³/mol. The van der Waals surface area contributed by atoms with Gasteiger partial charge in [-0.3, -0.25) is 9.71 Å². The third kappa shape index (κ3) is 5.32. The van der Waals surface area contributed by atoms with Gasteiger partial charge in [-0.2, -0.15) is 0 Å². The van der Waals surface area contributed by atoms with Gasteiger partial charge in [0.2, 0.25) is 10.0 Å². The van der Waals surface area contributed by atoms with Crippen LogP contribution in [-0.4, -0.2) is 38.9 Å². The van der Waals surface area contributed by atoms with Crippen molar-refractivity contribution in [3.05, 3.63) is 71.6 Å². The molecule has 0 spiro atoms. The fourth-order valence-electron chi connectivity index (χ4n) is 3.57. The largest absolute Gasteiger partial charge is 0.497 e. The molecule has 0 unspecified atom stereocenters. The van der Waals surface area contributed by atoms with Gasteiger partial charge in [-0.1, -0.05) is 17.7 Å². The number of sulfonamides is 1. The number of ether oxygens (including phenoxy) is 2. The highest BCUT2D eigenvalue weighted by Crippen LogP contribution is 2.32. The summed E-state index contributed by atoms with van der Waals surface area (Å²) in [6.07, 6.45) is 4.40. The van der Waals surface area contributed by atoms with Crippen LogP contribution >= 0.6 is 11.6 Å². The van der Waals surface area contributed by atoms with Gasteiger partial charge in [0.1, 0.15) is 11.5 Å². The number of hydrogen-bond donors (Lipinski definition) is 2. The number of nitrogens with one attached hydrogen (secondary N) is 2. The molecule has 2 aromatic heterocycles. The van der Waals surface area contributed by atoms with E-state index < -0.39 is 10.0 Å². The summed E-state index contributed by atoms with van der Waals surface area (Å²) in [5.74, 6) is 1.50. The lowest BCUT2D eigenvalue weighted by atomic mass is 10.0. The van der Waals surface area contributed by atoms with Crippen LogP contribution in [0.15, 0.2) is 60.9 Å². The van der Waals surface area contributed by atoms with Gasteiger partial charge in [0.25, 0.3) is 0 Å². The molecule has 34 heavy (non-hydrogen) atoms. The Labute approximate surface area is 203 Å². The molecule has 0 saturated carbocycles. The van der Waals surface area contributed by atoms with Crippen LogP contribution in [0.2, 0.25) is 5.15 Å². The summed E-state index contributed by atoms with van der Waals surface area (Å²) in [6, 6.07) is 15.0. The van der Waals surface area contributed by atoms with Crippen molar-refractivity contribution >= 4 is 43.9 Å². The maximum Gasteiger partial charge on any atom is 0.229 e. The first-order chi connectivity index (χ1) is 16.3. The van der Waals surface area contributed by atoms with E-state index in [1.807, 2.05) is 42.5 Å². The number of rotatable bonds is 8. The number of anilines is 2. The minimum Gasteiger partial charge on any atom is -0.497 e. The molecule has 0 aliphatic rings. The van der Waals surface area contributed by atoms with Crippen molar-refractivity contribution in [2.45, 2.75) is 6.54 Å². The van der Waals surface area contributed by atoms with Gasteiger partial charge in [-0.05, 0) is 48.0 Å². The van der Waals surface area contributed by atoms with E-state index in [2.05, 4.69) is 20.0 Å². The smallest absolute Gasteiger partial charge is 0.229 e. The van der Waals surface area contributed by atoms with Crippen molar-refractivity contribution in [1.29, 1.82) is 0 Å². The molecular formula is C24H23ClN4O4S. The van der Waals surface area contributed by atoms with Crippen molar-refractivity contribution in [1.82, 2.24) is 9.97 Å². The number of benzene rings is 2. The number of pyridine rings is 2. The first-order valence-corrected chi connectivity index (χ1v) is 12.5. The topological polar surface area (TPSA) is 102 Å². The van der Waals surface area contributed by atoms with E-state index in [0.717, 1.165) is 45.5 Å². The standard InChI is InChI=1S/C24H23ClN4O4S/c1-32-18-5-7-23(33-2)17(10-18)14-27-21-8-9-26-20-6-4-15(11-19(20)21)16-12-22(24(25)28-13-16)29-34(3,30)31/h4-13,29H,14H2,1-3H3,(H,26,27). The molecule has 0 aliphatic heterocycles. The highest BCUT2D eigenvalue weighted by Gasteiger charge is 2.12. The van der Waals surface area contributed by atoms with Gasteiger partial charge in [0, 0.05) is 41.1 Å². The van der Waals surface area contributed by atoms with Crippen LogP contribution in [0.3, 0.4) is 0 Å². The average molecular weight is 499 g/mol. The lowest BCUT2D eigenvalue weighted by molar-refractivity contribution is 0.399. The summed E-state index contributed by atoms with van der Waals surface area (Å²) in [7, 11) is -0.242. The van der Waals surface area contributed by atoms with E-state index in [0.29, 0.717) is 12.1 Å². The van der Waals surface area contributed by atoms with E-state index in [9.17, 15) is 8.42 Å². The van der Waals surface area contributed by atoms with Gasteiger partial charge >= 0.3 is 0 Å². The highest BCUT2D eigenvalue weighted by molar-refractivity contribution is 7.92. The Hall–Kier alpha value is -3.56. The molecule has 2 N–H and O–H groups in total. The predicted octanol–water partition coefficient (Wildman–Crippen LogP) is 4.95. The van der Waals surface area contributed by atoms with Crippen LogP contribution in [0.4, 0.5) is 11.4 Å². The maximum absolute atomic E-state index is 11.7. The Kier molecular flexibility index (Phi) is 6.76. The van der Waals surface area contributed by atoms with Crippen LogP contribution in [0, 0.1) is 0 Å². The van der Waals surface area contributed by atoms with Crippen LogP contribution in [0.25, 0.3) is 22.0 Å². The van der Waals surface area contributed by atoms with Crippen LogP contribution < -0.4 is 19.5 Å². The summed E-state index contributed by atoms with van der Waals surface area (Å²) in [4.78, 5) is 8.59. The van der Waals surface area contributed by atoms with Crippen molar-refractivity contribution in [2.24, 2.45) is 0 Å². The first-order valence-electron chi connectivity index (χ1n) is 10.2. The Morgan fingerprint density at radius 2 is 1.76 bits per heavy atom. The quantitative estimate of drug-likeness (QED) is 0.331. The zero-order valence-electron chi connectivity index (χ0n) is 18.8. The number of hydrogen-bond acceptors (Lipinski definition) is 7. The Balaban J connectivity index is 1.69. The van der Waals surface area contributed by atoms with E-state index in [4.69, 9.17) is 21.1 Å². The third-order valence-corrected chi connectivity index (χ3v) is 6.06. The van der Waals surface area contributed by atoms with Gasteiger partial charge in [-0.15, -0.1) is 0 Å². The summed E-state index contributed by atoms with van der Waals surface area (Å²) in [5.41, 5.74) is 4.40. The van der Waals surface area contributed by atoms with E-state index in [-0.39, 0.29) is 10.8 Å².